The standard InChI is InChI=1S/C17H19NO3/c1-17(2,3)12-9-11(15(20)13(18)16(12)21)14(19)10-7-5-4-6-8-10/h4-9,20-21H,18H2,1-3H3. The van der Waals surface area contributed by atoms with E-state index in [2.05, 4.69) is 0 Å². The minimum absolute atomic E-state index is 0.0985. The second kappa shape index (κ2) is 5.13. The number of phenolic OH excluding ortho intramolecular Hbond substituents is 2. The van der Waals surface area contributed by atoms with E-state index in [1.54, 1.807) is 24.3 Å². The number of carbonyl (C=O) groups excluding carboxylic acids is 1. The number of hydrogen-bond acceptors (Lipinski definition) is 4. The van der Waals surface area contributed by atoms with Crippen LogP contribution in [0.5, 0.6) is 11.5 Å². The molecule has 21 heavy (non-hydrogen) atoms. The van der Waals surface area contributed by atoms with Gasteiger partial charge in [-0.1, -0.05) is 51.1 Å². The molecule has 0 aliphatic rings. The molecule has 0 aliphatic heterocycles. The van der Waals surface area contributed by atoms with Gasteiger partial charge >= 0.3 is 0 Å². The van der Waals surface area contributed by atoms with E-state index in [1.807, 2.05) is 26.8 Å². The number of hydrogen-bond donors (Lipinski definition) is 3. The van der Waals surface area contributed by atoms with Crippen LogP contribution in [0.4, 0.5) is 5.69 Å². The molecular formula is C17H19NO3. The summed E-state index contributed by atoms with van der Waals surface area (Å²) in [5, 5.41) is 20.2. The van der Waals surface area contributed by atoms with Crippen LogP contribution in [0.2, 0.25) is 0 Å². The second-order valence-electron chi connectivity index (χ2n) is 6.03. The van der Waals surface area contributed by atoms with Gasteiger partial charge in [0.15, 0.2) is 11.5 Å². The molecule has 0 saturated carbocycles. The molecule has 0 unspecified atom stereocenters. The Labute approximate surface area is 123 Å². The monoisotopic (exact) mass is 285 g/mol. The highest BCUT2D eigenvalue weighted by molar-refractivity contribution is 6.12. The average Bonchev–Trinajstić information content (AvgIpc) is 2.44. The van der Waals surface area contributed by atoms with E-state index < -0.39 is 5.41 Å². The SMILES string of the molecule is CC(C)(C)c1cc(C(=O)c2ccccc2)c(O)c(N)c1O. The molecule has 0 heterocycles. The van der Waals surface area contributed by atoms with Crippen LogP contribution in [-0.4, -0.2) is 16.0 Å². The molecule has 0 aliphatic carbocycles. The molecule has 4 heteroatoms. The van der Waals surface area contributed by atoms with Crippen molar-refractivity contribution in [2.75, 3.05) is 5.73 Å². The third-order valence-corrected chi connectivity index (χ3v) is 3.40. The minimum Gasteiger partial charge on any atom is -0.505 e. The summed E-state index contributed by atoms with van der Waals surface area (Å²) < 4.78 is 0. The summed E-state index contributed by atoms with van der Waals surface area (Å²) >= 11 is 0. The first-order valence-electron chi connectivity index (χ1n) is 6.68. The van der Waals surface area contributed by atoms with Gasteiger partial charge in [-0.25, -0.2) is 0 Å². The van der Waals surface area contributed by atoms with Crippen molar-refractivity contribution in [2.45, 2.75) is 26.2 Å². The van der Waals surface area contributed by atoms with Crippen LogP contribution in [0, 0.1) is 0 Å². The lowest BCUT2D eigenvalue weighted by molar-refractivity contribution is 0.103. The molecule has 0 radical (unpaired) electrons. The lowest BCUT2D eigenvalue weighted by Crippen LogP contribution is -2.14. The lowest BCUT2D eigenvalue weighted by atomic mass is 9.83. The topological polar surface area (TPSA) is 83.5 Å². The fourth-order valence-electron chi connectivity index (χ4n) is 2.17. The summed E-state index contributed by atoms with van der Waals surface area (Å²) in [5.41, 5.74) is 6.25. The molecule has 0 saturated heterocycles. The number of ketones is 1. The van der Waals surface area contributed by atoms with Gasteiger partial charge in [-0.05, 0) is 11.5 Å². The van der Waals surface area contributed by atoms with Crippen LogP contribution in [0.25, 0.3) is 0 Å². The Balaban J connectivity index is 2.65. The first kappa shape index (κ1) is 14.9. The first-order chi connectivity index (χ1) is 9.73. The maximum Gasteiger partial charge on any atom is 0.196 e. The zero-order chi connectivity index (χ0) is 15.8. The molecule has 4 N–H and O–H groups in total. The molecule has 2 aromatic rings. The summed E-state index contributed by atoms with van der Waals surface area (Å²) in [7, 11) is 0. The maximum atomic E-state index is 12.5. The van der Waals surface area contributed by atoms with Crippen molar-refractivity contribution in [2.24, 2.45) is 0 Å². The summed E-state index contributed by atoms with van der Waals surface area (Å²) in [5.74, 6) is -0.885. The highest BCUT2D eigenvalue weighted by atomic mass is 16.3. The van der Waals surface area contributed by atoms with Crippen LogP contribution in [0.1, 0.15) is 42.3 Å². The van der Waals surface area contributed by atoms with Crippen molar-refractivity contribution in [1.82, 2.24) is 0 Å². The van der Waals surface area contributed by atoms with Crippen LogP contribution < -0.4 is 5.73 Å². The highest BCUT2D eigenvalue weighted by Crippen LogP contribution is 2.42. The van der Waals surface area contributed by atoms with Crippen LogP contribution in [0.3, 0.4) is 0 Å². The normalized spacial score (nSPS) is 11.4. The van der Waals surface area contributed by atoms with E-state index in [0.717, 1.165) is 0 Å². The Bertz CT molecular complexity index is 685. The smallest absolute Gasteiger partial charge is 0.196 e. The Hall–Kier alpha value is -2.49. The first-order valence-corrected chi connectivity index (χ1v) is 6.68. The van der Waals surface area contributed by atoms with E-state index in [-0.39, 0.29) is 28.5 Å². The van der Waals surface area contributed by atoms with Gasteiger partial charge in [-0.15, -0.1) is 0 Å². The number of nitrogens with two attached hydrogens (primary N) is 1. The third-order valence-electron chi connectivity index (χ3n) is 3.40. The molecule has 2 aromatic carbocycles. The molecular weight excluding hydrogens is 266 g/mol. The predicted octanol–water partition coefficient (Wildman–Crippen LogP) is 3.21. The van der Waals surface area contributed by atoms with E-state index in [9.17, 15) is 15.0 Å². The molecule has 0 atom stereocenters. The fraction of sp³-hybridized carbons (Fsp3) is 0.235. The maximum absolute atomic E-state index is 12.5. The van der Waals surface area contributed by atoms with Crippen molar-refractivity contribution in [1.29, 1.82) is 0 Å². The Morgan fingerprint density at radius 3 is 2.14 bits per heavy atom. The van der Waals surface area contributed by atoms with Crippen LogP contribution in [-0.2, 0) is 5.41 Å². The second-order valence-corrected chi connectivity index (χ2v) is 6.03. The Morgan fingerprint density at radius 1 is 1.05 bits per heavy atom. The Kier molecular flexibility index (Phi) is 3.64. The van der Waals surface area contributed by atoms with E-state index in [4.69, 9.17) is 5.73 Å². The average molecular weight is 285 g/mol. The van der Waals surface area contributed by atoms with Crippen LogP contribution in [0.15, 0.2) is 36.4 Å². The van der Waals surface area contributed by atoms with Gasteiger partial charge in [0.25, 0.3) is 0 Å². The van der Waals surface area contributed by atoms with Crippen molar-refractivity contribution < 1.29 is 15.0 Å². The largest absolute Gasteiger partial charge is 0.505 e. The summed E-state index contributed by atoms with van der Waals surface area (Å²) in [6.07, 6.45) is 0. The van der Waals surface area contributed by atoms with E-state index >= 15 is 0 Å². The molecule has 0 fully saturated rings. The summed E-state index contributed by atoms with van der Waals surface area (Å²) in [4.78, 5) is 12.5. The molecule has 0 bridgehead atoms. The van der Waals surface area contributed by atoms with Crippen LogP contribution >= 0.6 is 0 Å². The number of nitrogen functional groups attached to an aromatic ring is 1. The molecule has 0 amide bonds. The van der Waals surface area contributed by atoms with E-state index in [1.165, 1.54) is 6.07 Å². The molecule has 0 spiro atoms. The van der Waals surface area contributed by atoms with Crippen molar-refractivity contribution in [3.63, 3.8) is 0 Å². The summed E-state index contributed by atoms with van der Waals surface area (Å²) in [6.45, 7) is 5.69. The van der Waals surface area contributed by atoms with Gasteiger partial charge in [0.2, 0.25) is 0 Å². The minimum atomic E-state index is -0.405. The van der Waals surface area contributed by atoms with Gasteiger partial charge in [0, 0.05) is 11.1 Å². The zero-order valence-corrected chi connectivity index (χ0v) is 12.3. The number of aromatic hydroxyl groups is 2. The number of phenols is 2. The molecule has 4 nitrogen and oxygen atoms in total. The van der Waals surface area contributed by atoms with Gasteiger partial charge in [0.05, 0.1) is 5.56 Å². The predicted molar refractivity (Wildman–Crippen MR) is 82.8 cm³/mol. The van der Waals surface area contributed by atoms with Gasteiger partial charge in [0.1, 0.15) is 11.4 Å². The number of rotatable bonds is 2. The van der Waals surface area contributed by atoms with Crippen molar-refractivity contribution in [3.05, 3.63) is 53.1 Å². The fourth-order valence-corrected chi connectivity index (χ4v) is 2.17. The van der Waals surface area contributed by atoms with Gasteiger partial charge < -0.3 is 15.9 Å². The van der Waals surface area contributed by atoms with Gasteiger partial charge in [-0.3, -0.25) is 4.79 Å². The molecule has 110 valence electrons. The van der Waals surface area contributed by atoms with Crippen molar-refractivity contribution in [3.8, 4) is 11.5 Å². The lowest BCUT2D eigenvalue weighted by Gasteiger charge is -2.23. The van der Waals surface area contributed by atoms with Crippen molar-refractivity contribution >= 4 is 11.5 Å². The molecule has 2 rings (SSSR count). The summed E-state index contributed by atoms with van der Waals surface area (Å²) in [6, 6.07) is 10.2. The number of carbonyl (C=O) groups is 1. The Morgan fingerprint density at radius 2 is 1.62 bits per heavy atom. The quantitative estimate of drug-likeness (QED) is 0.449. The van der Waals surface area contributed by atoms with Gasteiger partial charge in [-0.2, -0.15) is 0 Å². The van der Waals surface area contributed by atoms with E-state index in [0.29, 0.717) is 11.1 Å². The highest BCUT2D eigenvalue weighted by Gasteiger charge is 2.26. The number of benzene rings is 2. The number of anilines is 1. The third kappa shape index (κ3) is 2.70. The zero-order valence-electron chi connectivity index (χ0n) is 12.3. The molecule has 0 aromatic heterocycles.